The number of methoxy groups -OCH3 is 2. The lowest BCUT2D eigenvalue weighted by Gasteiger charge is -2.18. The Morgan fingerprint density at radius 3 is 2.26 bits per heavy atom. The van der Waals surface area contributed by atoms with Crippen LogP contribution in [0.15, 0.2) is 59.5 Å². The fourth-order valence-electron chi connectivity index (χ4n) is 3.59. The molecule has 0 aliphatic rings. The molecular weight excluding hydrogens is 440 g/mol. The van der Waals surface area contributed by atoms with E-state index in [1.807, 2.05) is 24.3 Å². The number of benzene rings is 2. The third-order valence-corrected chi connectivity index (χ3v) is 5.36. The second-order valence-corrected chi connectivity index (χ2v) is 7.52. The van der Waals surface area contributed by atoms with Crippen molar-refractivity contribution >= 4 is 11.9 Å². The molecule has 0 saturated carbocycles. The van der Waals surface area contributed by atoms with E-state index in [0.29, 0.717) is 24.3 Å². The Hall–Kier alpha value is -4.27. The van der Waals surface area contributed by atoms with Gasteiger partial charge in [0.15, 0.2) is 0 Å². The molecule has 0 radical (unpaired) electrons. The minimum Gasteiger partial charge on any atom is -0.506 e. The van der Waals surface area contributed by atoms with Crippen LogP contribution in [0.25, 0.3) is 0 Å². The van der Waals surface area contributed by atoms with Gasteiger partial charge in [0, 0.05) is 25.0 Å². The highest BCUT2D eigenvalue weighted by Crippen LogP contribution is 2.34. The highest BCUT2D eigenvalue weighted by Gasteiger charge is 2.27. The summed E-state index contributed by atoms with van der Waals surface area (Å²) in [4.78, 5) is 38.6. The summed E-state index contributed by atoms with van der Waals surface area (Å²) in [7, 11) is 2.77. The van der Waals surface area contributed by atoms with Crippen LogP contribution in [0.1, 0.15) is 39.4 Å². The van der Waals surface area contributed by atoms with Gasteiger partial charge in [0.05, 0.1) is 26.4 Å². The van der Waals surface area contributed by atoms with Gasteiger partial charge in [-0.15, -0.1) is 0 Å². The topological polar surface area (TPSA) is 141 Å². The monoisotopic (exact) mass is 466 g/mol. The predicted octanol–water partition coefficient (Wildman–Crippen LogP) is 2.50. The number of nitrogens with two attached hydrogens (primary N) is 1. The summed E-state index contributed by atoms with van der Waals surface area (Å²) >= 11 is 0. The summed E-state index contributed by atoms with van der Waals surface area (Å²) in [6.07, 6.45) is 1.51. The summed E-state index contributed by atoms with van der Waals surface area (Å²) in [5.74, 6) is -1.55. The third kappa shape index (κ3) is 5.74. The third-order valence-electron chi connectivity index (χ3n) is 5.36. The number of nitrogens with one attached hydrogen (secondary N) is 1. The maximum atomic E-state index is 12.5. The molecule has 0 aliphatic carbocycles. The van der Waals surface area contributed by atoms with Crippen LogP contribution in [0.5, 0.6) is 17.2 Å². The number of hydrogen-bond acceptors (Lipinski definition) is 7. The van der Waals surface area contributed by atoms with Gasteiger partial charge in [-0.05, 0) is 35.4 Å². The Morgan fingerprint density at radius 1 is 1.03 bits per heavy atom. The highest BCUT2D eigenvalue weighted by molar-refractivity contribution is 5.92. The normalized spacial score (nSPS) is 11.5. The Bertz CT molecular complexity index is 1200. The van der Waals surface area contributed by atoms with Crippen LogP contribution in [-0.2, 0) is 16.0 Å². The van der Waals surface area contributed by atoms with Crippen molar-refractivity contribution < 1.29 is 28.9 Å². The van der Waals surface area contributed by atoms with Gasteiger partial charge in [-0.3, -0.25) is 9.59 Å². The van der Waals surface area contributed by atoms with Crippen molar-refractivity contribution in [3.63, 3.8) is 0 Å². The van der Waals surface area contributed by atoms with E-state index >= 15 is 0 Å². The van der Waals surface area contributed by atoms with Crippen LogP contribution in [0.3, 0.4) is 0 Å². The fraction of sp³-hybridized carbons (Fsp3) is 0.240. The number of pyridine rings is 1. The lowest BCUT2D eigenvalue weighted by atomic mass is 9.87. The number of aromatic amines is 1. The summed E-state index contributed by atoms with van der Waals surface area (Å²) < 4.78 is 15.6. The van der Waals surface area contributed by atoms with Crippen molar-refractivity contribution in [2.24, 2.45) is 5.73 Å². The Labute approximate surface area is 196 Å². The lowest BCUT2D eigenvalue weighted by Crippen LogP contribution is -2.23. The van der Waals surface area contributed by atoms with E-state index in [9.17, 15) is 19.5 Å². The number of esters is 1. The number of hydrogen-bond donors (Lipinski definition) is 3. The van der Waals surface area contributed by atoms with E-state index in [-0.39, 0.29) is 17.5 Å². The van der Waals surface area contributed by atoms with E-state index < -0.39 is 29.1 Å². The largest absolute Gasteiger partial charge is 0.506 e. The first kappa shape index (κ1) is 24.4. The number of rotatable bonds is 10. The summed E-state index contributed by atoms with van der Waals surface area (Å²) in [5.41, 5.74) is 6.04. The summed E-state index contributed by atoms with van der Waals surface area (Å²) in [5, 5.41) is 10.6. The molecule has 0 aliphatic heterocycles. The van der Waals surface area contributed by atoms with E-state index in [2.05, 4.69) is 9.72 Å². The molecule has 1 unspecified atom stereocenters. The van der Waals surface area contributed by atoms with E-state index in [1.54, 1.807) is 31.4 Å². The number of carbonyl (C=O) groups excluding carboxylic acids is 2. The highest BCUT2D eigenvalue weighted by atomic mass is 16.5. The maximum Gasteiger partial charge on any atom is 0.343 e. The molecule has 34 heavy (non-hydrogen) atoms. The Balaban J connectivity index is 1.79. The Morgan fingerprint density at radius 2 is 1.68 bits per heavy atom. The summed E-state index contributed by atoms with van der Waals surface area (Å²) in [6.45, 7) is 0.442. The van der Waals surface area contributed by atoms with Crippen molar-refractivity contribution in [2.75, 3.05) is 20.8 Å². The van der Waals surface area contributed by atoms with Gasteiger partial charge in [-0.1, -0.05) is 24.3 Å². The molecule has 3 aromatic rings. The summed E-state index contributed by atoms with van der Waals surface area (Å²) in [6, 6.07) is 14.5. The van der Waals surface area contributed by atoms with Gasteiger partial charge in [0.25, 0.3) is 5.56 Å². The quantitative estimate of drug-likeness (QED) is 0.390. The van der Waals surface area contributed by atoms with Crippen molar-refractivity contribution in [3.8, 4) is 17.2 Å². The van der Waals surface area contributed by atoms with Gasteiger partial charge in [0.2, 0.25) is 5.91 Å². The van der Waals surface area contributed by atoms with E-state index in [4.69, 9.17) is 15.2 Å². The molecule has 0 bridgehead atoms. The van der Waals surface area contributed by atoms with Gasteiger partial charge < -0.3 is 30.0 Å². The van der Waals surface area contributed by atoms with Crippen molar-refractivity contribution in [3.05, 3.63) is 87.3 Å². The van der Waals surface area contributed by atoms with E-state index in [0.717, 1.165) is 24.6 Å². The van der Waals surface area contributed by atoms with Crippen LogP contribution in [0.4, 0.5) is 0 Å². The second-order valence-electron chi connectivity index (χ2n) is 7.52. The van der Waals surface area contributed by atoms with Crippen LogP contribution in [0, 0.1) is 0 Å². The molecule has 0 spiro atoms. The van der Waals surface area contributed by atoms with Gasteiger partial charge in [0.1, 0.15) is 22.8 Å². The molecule has 3 rings (SSSR count). The zero-order valence-corrected chi connectivity index (χ0v) is 18.9. The van der Waals surface area contributed by atoms with Crippen LogP contribution >= 0.6 is 0 Å². The van der Waals surface area contributed by atoms with Gasteiger partial charge in [-0.2, -0.15) is 0 Å². The second kappa shape index (κ2) is 11.0. The number of primary amides is 1. The predicted molar refractivity (Wildman–Crippen MR) is 124 cm³/mol. The lowest BCUT2D eigenvalue weighted by molar-refractivity contribution is -0.118. The van der Waals surface area contributed by atoms with Crippen molar-refractivity contribution in [1.29, 1.82) is 0 Å². The fourth-order valence-corrected chi connectivity index (χ4v) is 3.59. The Kier molecular flexibility index (Phi) is 7.92. The average Bonchev–Trinajstić information content (AvgIpc) is 2.83. The SMILES string of the molecule is COC(=O)c1c[nH]c(=O)c(C(CC(N)=O)c2ccc(OCCc3ccc(OC)cc3)cc2)c1O. The molecular formula is C25H26N2O7. The zero-order chi connectivity index (χ0) is 24.7. The smallest absolute Gasteiger partial charge is 0.343 e. The first-order chi connectivity index (χ1) is 16.3. The van der Waals surface area contributed by atoms with Crippen molar-refractivity contribution in [2.45, 2.75) is 18.8 Å². The molecule has 1 heterocycles. The number of aromatic nitrogens is 1. The van der Waals surface area contributed by atoms with Crippen LogP contribution in [0.2, 0.25) is 0 Å². The molecule has 9 heteroatoms. The molecule has 1 aromatic heterocycles. The first-order valence-electron chi connectivity index (χ1n) is 10.5. The molecule has 1 atom stereocenters. The van der Waals surface area contributed by atoms with Crippen LogP contribution in [-0.4, -0.2) is 42.8 Å². The average molecular weight is 466 g/mol. The van der Waals surface area contributed by atoms with Crippen molar-refractivity contribution in [1.82, 2.24) is 4.98 Å². The van der Waals surface area contributed by atoms with Gasteiger partial charge >= 0.3 is 5.97 Å². The minimum absolute atomic E-state index is 0.144. The standard InChI is InChI=1S/C25H26N2O7/c1-32-17-7-3-15(4-8-17)11-12-34-18-9-5-16(6-10-18)19(13-21(26)28)22-23(29)20(25(31)33-2)14-27-24(22)30/h3-10,14,19H,11-13H2,1-2H3,(H2,26,28)(H2,27,29,30). The maximum absolute atomic E-state index is 12.5. The van der Waals surface area contributed by atoms with E-state index in [1.165, 1.54) is 0 Å². The molecule has 9 nitrogen and oxygen atoms in total. The molecule has 1 amide bonds. The minimum atomic E-state index is -0.876. The number of aromatic hydroxyl groups is 1. The molecule has 4 N–H and O–H groups in total. The first-order valence-corrected chi connectivity index (χ1v) is 10.5. The number of carbonyl (C=O) groups is 2. The number of ether oxygens (including phenoxy) is 3. The molecule has 2 aromatic carbocycles. The number of amides is 1. The molecule has 178 valence electrons. The molecule has 0 fully saturated rings. The zero-order valence-electron chi connectivity index (χ0n) is 18.9. The van der Waals surface area contributed by atoms with Crippen LogP contribution < -0.4 is 20.8 Å². The number of H-pyrrole nitrogens is 1. The molecule has 0 saturated heterocycles. The van der Waals surface area contributed by atoms with Gasteiger partial charge in [-0.25, -0.2) is 4.79 Å².